The summed E-state index contributed by atoms with van der Waals surface area (Å²) in [6, 6.07) is 16.5. The van der Waals surface area contributed by atoms with Crippen LogP contribution < -0.4 is 16.2 Å². The highest BCUT2D eigenvalue weighted by atomic mass is 16.3. The van der Waals surface area contributed by atoms with Crippen LogP contribution in [0.4, 0.5) is 0 Å². The zero-order valence-corrected chi connectivity index (χ0v) is 18.3. The van der Waals surface area contributed by atoms with Crippen molar-refractivity contribution in [1.29, 1.82) is 0 Å². The minimum absolute atomic E-state index is 0.128. The maximum atomic E-state index is 11.6. The summed E-state index contributed by atoms with van der Waals surface area (Å²) in [6.07, 6.45) is 2.68. The molecule has 2 heterocycles. The first-order chi connectivity index (χ1) is 16.1. The van der Waals surface area contributed by atoms with E-state index in [9.17, 15) is 15.0 Å². The van der Waals surface area contributed by atoms with Gasteiger partial charge in [-0.2, -0.15) is 0 Å². The number of aromatic hydroxyl groups is 1. The molecule has 7 heteroatoms. The molecule has 1 aromatic heterocycles. The van der Waals surface area contributed by atoms with Crippen molar-refractivity contribution in [2.75, 3.05) is 19.7 Å². The van der Waals surface area contributed by atoms with Crippen LogP contribution >= 0.6 is 0 Å². The van der Waals surface area contributed by atoms with Crippen molar-refractivity contribution < 1.29 is 10.2 Å². The summed E-state index contributed by atoms with van der Waals surface area (Å²) in [5.74, 6) is 5.67. The minimum Gasteiger partial charge on any atom is -0.502 e. The van der Waals surface area contributed by atoms with E-state index in [1.807, 2.05) is 36.4 Å². The van der Waals surface area contributed by atoms with Gasteiger partial charge in [-0.1, -0.05) is 36.1 Å². The predicted molar refractivity (Wildman–Crippen MR) is 127 cm³/mol. The smallest absolute Gasteiger partial charge is 0.293 e. The van der Waals surface area contributed by atoms with E-state index < -0.39 is 11.3 Å². The average molecular weight is 445 g/mol. The van der Waals surface area contributed by atoms with Gasteiger partial charge in [0.15, 0.2) is 0 Å². The molecule has 0 aliphatic carbocycles. The number of hydrogen-bond acceptors (Lipinski definition) is 6. The number of aromatic amines is 1. The number of rotatable bonds is 7. The second-order valence-corrected chi connectivity index (χ2v) is 8.25. The van der Waals surface area contributed by atoms with Crippen LogP contribution in [0.5, 0.6) is 5.75 Å². The summed E-state index contributed by atoms with van der Waals surface area (Å²) < 4.78 is 0. The van der Waals surface area contributed by atoms with Crippen LogP contribution in [0.3, 0.4) is 0 Å². The third-order valence-electron chi connectivity index (χ3n) is 5.91. The zero-order valence-electron chi connectivity index (χ0n) is 18.3. The van der Waals surface area contributed by atoms with Gasteiger partial charge in [-0.3, -0.25) is 4.79 Å². The Morgan fingerprint density at radius 2 is 1.79 bits per heavy atom. The lowest BCUT2D eigenvalue weighted by Gasteiger charge is -2.14. The maximum Gasteiger partial charge on any atom is 0.293 e. The summed E-state index contributed by atoms with van der Waals surface area (Å²) in [4.78, 5) is 17.9. The van der Waals surface area contributed by atoms with Crippen molar-refractivity contribution in [2.45, 2.75) is 31.3 Å². The molecule has 33 heavy (non-hydrogen) atoms. The molecule has 0 spiro atoms. The monoisotopic (exact) mass is 444 g/mol. The van der Waals surface area contributed by atoms with E-state index in [-0.39, 0.29) is 24.6 Å². The molecule has 7 nitrogen and oxygen atoms in total. The Balaban J connectivity index is 1.37. The number of H-pyrrole nitrogens is 1. The summed E-state index contributed by atoms with van der Waals surface area (Å²) in [5, 5.41) is 26.6. The number of nitrogens with zero attached hydrogens (tertiary/aromatic N) is 1. The molecular formula is C26H28N4O3. The Labute approximate surface area is 192 Å². The Morgan fingerprint density at radius 3 is 2.42 bits per heavy atom. The van der Waals surface area contributed by atoms with Gasteiger partial charge in [0.05, 0.1) is 18.6 Å². The molecule has 3 aromatic rings. The van der Waals surface area contributed by atoms with Crippen molar-refractivity contribution in [2.24, 2.45) is 0 Å². The fourth-order valence-corrected chi connectivity index (χ4v) is 3.88. The van der Waals surface area contributed by atoms with Gasteiger partial charge in [0, 0.05) is 42.6 Å². The van der Waals surface area contributed by atoms with Gasteiger partial charge in [0.25, 0.3) is 5.56 Å². The molecule has 170 valence electrons. The van der Waals surface area contributed by atoms with Gasteiger partial charge in [-0.25, -0.2) is 4.98 Å². The first-order valence-corrected chi connectivity index (χ1v) is 11.1. The first-order valence-electron chi connectivity index (χ1n) is 11.1. The molecule has 2 aromatic carbocycles. The molecule has 0 bridgehead atoms. The fraction of sp³-hybridized carbons (Fsp3) is 0.308. The number of aliphatic hydroxyl groups is 1. The standard InChI is InChI=1S/C26H28N4O3/c31-16-22(13-24-25(32)26(33)30-17-29-24)21-9-7-19(8-10-21)2-1-18-3-5-20(6-4-18)14-28-23-11-12-27-15-23/h3-10,17,22-23,27-28,31-32H,11-16H2,(H,29,30,33). The highest BCUT2D eigenvalue weighted by Gasteiger charge is 2.16. The Kier molecular flexibility index (Phi) is 7.53. The van der Waals surface area contributed by atoms with Crippen molar-refractivity contribution in [1.82, 2.24) is 20.6 Å². The van der Waals surface area contributed by atoms with Crippen molar-refractivity contribution >= 4 is 0 Å². The lowest BCUT2D eigenvalue weighted by atomic mass is 9.94. The summed E-state index contributed by atoms with van der Waals surface area (Å²) in [6.45, 7) is 2.85. The normalized spacial score (nSPS) is 16.2. The topological polar surface area (TPSA) is 110 Å². The number of hydrogen-bond donors (Lipinski definition) is 5. The van der Waals surface area contributed by atoms with E-state index in [0.717, 1.165) is 36.3 Å². The Bertz CT molecular complexity index is 1170. The molecule has 0 saturated carbocycles. The third-order valence-corrected chi connectivity index (χ3v) is 5.91. The highest BCUT2D eigenvalue weighted by Crippen LogP contribution is 2.22. The number of nitrogens with one attached hydrogen (secondary N) is 3. The molecule has 5 N–H and O–H groups in total. The zero-order chi connectivity index (χ0) is 23.0. The van der Waals surface area contributed by atoms with E-state index >= 15 is 0 Å². The second kappa shape index (κ2) is 10.9. The number of aromatic nitrogens is 2. The van der Waals surface area contributed by atoms with Crippen molar-refractivity contribution in [3.63, 3.8) is 0 Å². The van der Waals surface area contributed by atoms with E-state index in [2.05, 4.69) is 44.6 Å². The van der Waals surface area contributed by atoms with Gasteiger partial charge < -0.3 is 25.8 Å². The maximum absolute atomic E-state index is 11.6. The molecular weight excluding hydrogens is 416 g/mol. The molecule has 0 radical (unpaired) electrons. The van der Waals surface area contributed by atoms with Crippen LogP contribution in [0.25, 0.3) is 0 Å². The minimum atomic E-state index is -0.585. The van der Waals surface area contributed by atoms with Crippen molar-refractivity contribution in [3.05, 3.63) is 93.2 Å². The van der Waals surface area contributed by atoms with Gasteiger partial charge >= 0.3 is 0 Å². The summed E-state index contributed by atoms with van der Waals surface area (Å²) >= 11 is 0. The largest absolute Gasteiger partial charge is 0.502 e. The van der Waals surface area contributed by atoms with E-state index in [0.29, 0.717) is 6.04 Å². The van der Waals surface area contributed by atoms with Crippen LogP contribution in [0.2, 0.25) is 0 Å². The van der Waals surface area contributed by atoms with Crippen LogP contribution in [0.15, 0.2) is 59.7 Å². The van der Waals surface area contributed by atoms with Gasteiger partial charge in [-0.15, -0.1) is 0 Å². The Morgan fingerprint density at radius 1 is 1.09 bits per heavy atom. The van der Waals surface area contributed by atoms with E-state index in [4.69, 9.17) is 0 Å². The van der Waals surface area contributed by atoms with Crippen LogP contribution in [-0.4, -0.2) is 45.9 Å². The highest BCUT2D eigenvalue weighted by molar-refractivity contribution is 5.44. The fourth-order valence-electron chi connectivity index (χ4n) is 3.88. The summed E-state index contributed by atoms with van der Waals surface area (Å²) in [7, 11) is 0. The molecule has 2 unspecified atom stereocenters. The van der Waals surface area contributed by atoms with Gasteiger partial charge in [0.2, 0.25) is 5.75 Å². The number of benzene rings is 2. The average Bonchev–Trinajstić information content (AvgIpc) is 3.37. The third kappa shape index (κ3) is 6.08. The van der Waals surface area contributed by atoms with E-state index in [1.165, 1.54) is 18.3 Å². The van der Waals surface area contributed by atoms with Crippen molar-refractivity contribution in [3.8, 4) is 17.6 Å². The predicted octanol–water partition coefficient (Wildman–Crippen LogP) is 1.65. The summed E-state index contributed by atoms with van der Waals surface area (Å²) in [5.41, 5.74) is 3.63. The molecule has 1 aliphatic rings. The SMILES string of the molecule is O=c1[nH]cnc(CC(CO)c2ccc(C#Cc3ccc(CNC4CCNC4)cc3)cc2)c1O. The second-order valence-electron chi connectivity index (χ2n) is 8.25. The van der Waals surface area contributed by atoms with Crippen LogP contribution in [-0.2, 0) is 13.0 Å². The van der Waals surface area contributed by atoms with Crippen LogP contribution in [0, 0.1) is 11.8 Å². The first kappa shape index (κ1) is 22.7. The van der Waals surface area contributed by atoms with Gasteiger partial charge in [-0.05, 0) is 48.4 Å². The molecule has 2 atom stereocenters. The lowest BCUT2D eigenvalue weighted by Crippen LogP contribution is -2.30. The Hall–Kier alpha value is -3.44. The van der Waals surface area contributed by atoms with E-state index in [1.54, 1.807) is 0 Å². The molecule has 4 rings (SSSR count). The quantitative estimate of drug-likeness (QED) is 0.355. The van der Waals surface area contributed by atoms with Gasteiger partial charge in [0.1, 0.15) is 0 Å². The molecule has 1 fully saturated rings. The molecule has 1 saturated heterocycles. The molecule has 1 aliphatic heterocycles. The van der Waals surface area contributed by atoms with Crippen LogP contribution in [0.1, 0.15) is 40.3 Å². The number of aliphatic hydroxyl groups excluding tert-OH is 1. The lowest BCUT2D eigenvalue weighted by molar-refractivity contribution is 0.263. The molecule has 0 amide bonds.